The third kappa shape index (κ3) is 6.42. The molecule has 0 spiro atoms. The van der Waals surface area contributed by atoms with Crippen LogP contribution in [0.2, 0.25) is 0 Å². The van der Waals surface area contributed by atoms with Crippen molar-refractivity contribution in [2.24, 2.45) is 0 Å². The first kappa shape index (κ1) is 25.9. The van der Waals surface area contributed by atoms with Gasteiger partial charge in [0.25, 0.3) is 0 Å². The van der Waals surface area contributed by atoms with Gasteiger partial charge in [-0.15, -0.1) is 38.0 Å². The second kappa shape index (κ2) is 10.8. The number of benzene rings is 2. The van der Waals surface area contributed by atoms with Gasteiger partial charge in [0.05, 0.1) is 10.5 Å². The maximum Gasteiger partial charge on any atom is 0.573 e. The van der Waals surface area contributed by atoms with E-state index in [1.54, 1.807) is 0 Å². The van der Waals surface area contributed by atoms with Crippen molar-refractivity contribution >= 4 is 40.7 Å². The molecule has 29 heavy (non-hydrogen) atoms. The van der Waals surface area contributed by atoms with Crippen LogP contribution in [0.3, 0.4) is 0 Å². The van der Waals surface area contributed by atoms with Crippen LogP contribution < -0.4 is 10.1 Å². The van der Waals surface area contributed by atoms with Gasteiger partial charge in [-0.05, 0) is 45.8 Å². The number of alkyl halides is 3. The highest BCUT2D eigenvalue weighted by Gasteiger charge is 2.32. The second-order valence-corrected chi connectivity index (χ2v) is 6.92. The molecule has 3 nitrogen and oxygen atoms in total. The van der Waals surface area contributed by atoms with Crippen LogP contribution in [-0.4, -0.2) is 37.4 Å². The molecule has 1 fully saturated rings. The summed E-state index contributed by atoms with van der Waals surface area (Å²) in [4.78, 5) is 1.89. The standard InChI is InChI=1S/C18H16BrF5N2O.2ClH/c19-13-5-6-14(20)15(16(13)21)17(26-9-7-25-8-10-26)11-1-3-12(4-2-11)27-18(22,23)24;;/h1-6,17,25H,7-10H2;2*1H/t17-;;/m1../s1. The third-order valence-electron chi connectivity index (χ3n) is 4.30. The first-order chi connectivity index (χ1) is 12.8. The molecule has 1 heterocycles. The molecule has 2 aromatic carbocycles. The highest BCUT2D eigenvalue weighted by molar-refractivity contribution is 9.10. The molecule has 0 unspecified atom stereocenters. The van der Waals surface area contributed by atoms with E-state index in [0.29, 0.717) is 31.7 Å². The van der Waals surface area contributed by atoms with Gasteiger partial charge in [0.2, 0.25) is 0 Å². The van der Waals surface area contributed by atoms with E-state index in [4.69, 9.17) is 0 Å². The zero-order valence-electron chi connectivity index (χ0n) is 14.8. The zero-order valence-corrected chi connectivity index (χ0v) is 18.0. The number of hydrogen-bond acceptors (Lipinski definition) is 3. The van der Waals surface area contributed by atoms with Gasteiger partial charge in [0, 0.05) is 31.7 Å². The van der Waals surface area contributed by atoms with Crippen molar-refractivity contribution in [3.05, 3.63) is 63.6 Å². The lowest BCUT2D eigenvalue weighted by Crippen LogP contribution is -2.45. The van der Waals surface area contributed by atoms with Crippen molar-refractivity contribution in [3.63, 3.8) is 0 Å². The first-order valence-electron chi connectivity index (χ1n) is 8.20. The maximum absolute atomic E-state index is 14.8. The van der Waals surface area contributed by atoms with Crippen molar-refractivity contribution in [1.82, 2.24) is 10.2 Å². The van der Waals surface area contributed by atoms with Crippen molar-refractivity contribution in [3.8, 4) is 5.75 Å². The van der Waals surface area contributed by atoms with Crippen LogP contribution >= 0.6 is 40.7 Å². The van der Waals surface area contributed by atoms with E-state index >= 15 is 0 Å². The van der Waals surface area contributed by atoms with Gasteiger partial charge < -0.3 is 10.1 Å². The van der Waals surface area contributed by atoms with E-state index < -0.39 is 24.0 Å². The van der Waals surface area contributed by atoms with Crippen molar-refractivity contribution in [2.75, 3.05) is 26.2 Å². The fraction of sp³-hybridized carbons (Fsp3) is 0.333. The largest absolute Gasteiger partial charge is 0.573 e. The van der Waals surface area contributed by atoms with Gasteiger partial charge in [-0.25, -0.2) is 8.78 Å². The van der Waals surface area contributed by atoms with Crippen LogP contribution in [0, 0.1) is 11.6 Å². The Labute approximate surface area is 185 Å². The molecule has 1 atom stereocenters. The van der Waals surface area contributed by atoms with E-state index in [0.717, 1.165) is 12.1 Å². The fourth-order valence-electron chi connectivity index (χ4n) is 3.15. The summed E-state index contributed by atoms with van der Waals surface area (Å²) in [7, 11) is 0. The highest BCUT2D eigenvalue weighted by Crippen LogP contribution is 2.36. The predicted molar refractivity (Wildman–Crippen MR) is 108 cm³/mol. The summed E-state index contributed by atoms with van der Waals surface area (Å²) in [6.45, 7) is 2.36. The Kier molecular flexibility index (Phi) is 9.62. The smallest absolute Gasteiger partial charge is 0.406 e. The molecule has 11 heteroatoms. The molecule has 0 saturated carbocycles. The Hall–Kier alpha value is -1.13. The average Bonchev–Trinajstić information content (AvgIpc) is 2.62. The number of nitrogens with one attached hydrogen (secondary N) is 1. The summed E-state index contributed by atoms with van der Waals surface area (Å²) >= 11 is 3.07. The minimum Gasteiger partial charge on any atom is -0.406 e. The minimum atomic E-state index is -4.80. The van der Waals surface area contributed by atoms with Gasteiger partial charge in [-0.1, -0.05) is 12.1 Å². The van der Waals surface area contributed by atoms with Crippen molar-refractivity contribution in [2.45, 2.75) is 12.4 Å². The number of hydrogen-bond donors (Lipinski definition) is 1. The van der Waals surface area contributed by atoms with Gasteiger partial charge >= 0.3 is 6.36 Å². The van der Waals surface area contributed by atoms with Crippen LogP contribution in [0.4, 0.5) is 22.0 Å². The molecule has 0 bridgehead atoms. The Morgan fingerprint density at radius 1 is 0.966 bits per heavy atom. The molecular weight excluding hydrogens is 506 g/mol. The molecule has 0 radical (unpaired) electrons. The summed E-state index contributed by atoms with van der Waals surface area (Å²) in [5.74, 6) is -1.83. The average molecular weight is 524 g/mol. The van der Waals surface area contributed by atoms with Gasteiger partial charge in [0.15, 0.2) is 0 Å². The summed E-state index contributed by atoms with van der Waals surface area (Å²) in [6, 6.07) is 6.76. The van der Waals surface area contributed by atoms with Gasteiger partial charge in [-0.3, -0.25) is 4.90 Å². The zero-order chi connectivity index (χ0) is 19.6. The van der Waals surface area contributed by atoms with Crippen LogP contribution in [0.1, 0.15) is 17.2 Å². The van der Waals surface area contributed by atoms with E-state index in [-0.39, 0.29) is 40.6 Å². The van der Waals surface area contributed by atoms with E-state index in [1.807, 2.05) is 4.90 Å². The highest BCUT2D eigenvalue weighted by atomic mass is 79.9. The lowest BCUT2D eigenvalue weighted by molar-refractivity contribution is -0.274. The van der Waals surface area contributed by atoms with Crippen LogP contribution in [-0.2, 0) is 0 Å². The number of piperazine rings is 1. The molecule has 162 valence electrons. The van der Waals surface area contributed by atoms with Crippen molar-refractivity contribution in [1.29, 1.82) is 0 Å². The van der Waals surface area contributed by atoms with Gasteiger partial charge in [0.1, 0.15) is 17.4 Å². The molecular formula is C18H18BrCl2F5N2O. The number of rotatable bonds is 4. The Morgan fingerprint density at radius 3 is 2.10 bits per heavy atom. The van der Waals surface area contributed by atoms with Crippen LogP contribution in [0.15, 0.2) is 40.9 Å². The monoisotopic (exact) mass is 522 g/mol. The third-order valence-corrected chi connectivity index (χ3v) is 4.91. The Balaban J connectivity index is 0.00000210. The summed E-state index contributed by atoms with van der Waals surface area (Å²) in [6.07, 6.45) is -4.80. The molecule has 0 aromatic heterocycles. The fourth-order valence-corrected chi connectivity index (χ4v) is 3.49. The predicted octanol–water partition coefficient (Wildman–Crippen LogP) is 5.46. The molecule has 1 aliphatic rings. The first-order valence-corrected chi connectivity index (χ1v) is 8.99. The second-order valence-electron chi connectivity index (χ2n) is 6.06. The maximum atomic E-state index is 14.8. The van der Waals surface area contributed by atoms with E-state index in [2.05, 4.69) is 26.0 Å². The summed E-state index contributed by atoms with van der Waals surface area (Å²) < 4.78 is 70.4. The molecule has 1 saturated heterocycles. The number of halogens is 8. The molecule has 0 amide bonds. The topological polar surface area (TPSA) is 24.5 Å². The molecule has 2 aromatic rings. The van der Waals surface area contributed by atoms with Crippen molar-refractivity contribution < 1.29 is 26.7 Å². The number of nitrogens with zero attached hydrogens (tertiary/aromatic N) is 1. The SMILES string of the molecule is Cl.Cl.Fc1ccc(Br)c(F)c1[C@@H](c1ccc(OC(F)(F)F)cc1)N1CCNCC1. The Morgan fingerprint density at radius 2 is 1.55 bits per heavy atom. The number of ether oxygens (including phenoxy) is 1. The summed E-state index contributed by atoms with van der Waals surface area (Å²) in [5, 5.41) is 3.16. The molecule has 1 N–H and O–H groups in total. The van der Waals surface area contributed by atoms with Crippen LogP contribution in [0.25, 0.3) is 0 Å². The lowest BCUT2D eigenvalue weighted by atomic mass is 9.95. The molecule has 3 rings (SSSR count). The van der Waals surface area contributed by atoms with E-state index in [1.165, 1.54) is 24.3 Å². The lowest BCUT2D eigenvalue weighted by Gasteiger charge is -2.36. The van der Waals surface area contributed by atoms with Gasteiger partial charge in [-0.2, -0.15) is 0 Å². The van der Waals surface area contributed by atoms with E-state index in [9.17, 15) is 22.0 Å². The summed E-state index contributed by atoms with van der Waals surface area (Å²) in [5.41, 5.74) is 0.332. The molecule has 1 aliphatic heterocycles. The quantitative estimate of drug-likeness (QED) is 0.425. The normalized spacial score (nSPS) is 15.8. The minimum absolute atomic E-state index is 0. The Bertz CT molecular complexity index is 802. The van der Waals surface area contributed by atoms with Crippen LogP contribution in [0.5, 0.6) is 5.75 Å². The molecule has 0 aliphatic carbocycles.